The van der Waals surface area contributed by atoms with Crippen molar-refractivity contribution in [3.8, 4) is 6.07 Å². The van der Waals surface area contributed by atoms with Gasteiger partial charge in [-0.1, -0.05) is 17.3 Å². The number of nitrogens with zero attached hydrogens (tertiary/aromatic N) is 5. The Kier molecular flexibility index (Phi) is 6.32. The highest BCUT2D eigenvalue weighted by atomic mass is 16.2. The second-order valence-corrected chi connectivity index (χ2v) is 12.5. The summed E-state index contributed by atoms with van der Waals surface area (Å²) in [5.74, 6) is -0.175. The SMILES string of the molecule is N#CC1C[C@@H]2C[C@@H]2N1C(=O)CNC1(CC2(c3nn[nH]n3)c3ccc(C(N)=O)cc3CCc3cc(C(N)=O)ccc32)CCC1. The van der Waals surface area contributed by atoms with Crippen LogP contribution in [0.2, 0.25) is 0 Å². The van der Waals surface area contributed by atoms with Gasteiger partial charge in [0.05, 0.1) is 18.0 Å². The summed E-state index contributed by atoms with van der Waals surface area (Å²) in [5.41, 5.74) is 14.5. The second kappa shape index (κ2) is 9.98. The number of tetrazole rings is 1. The number of carbonyl (C=O) groups excluding carboxylic acids is 3. The molecule has 3 fully saturated rings. The number of amides is 3. The number of nitriles is 1. The lowest BCUT2D eigenvalue weighted by Crippen LogP contribution is -2.58. The van der Waals surface area contributed by atoms with Crippen LogP contribution in [-0.2, 0) is 23.1 Å². The van der Waals surface area contributed by atoms with E-state index in [1.807, 2.05) is 24.3 Å². The highest BCUT2D eigenvalue weighted by molar-refractivity contribution is 5.94. The number of hydrogen-bond acceptors (Lipinski definition) is 8. The zero-order valence-electron chi connectivity index (χ0n) is 23.7. The number of fused-ring (bicyclic) bond motifs is 3. The molecular weight excluding hydrogens is 546 g/mol. The van der Waals surface area contributed by atoms with E-state index in [4.69, 9.17) is 11.5 Å². The summed E-state index contributed by atoms with van der Waals surface area (Å²) in [4.78, 5) is 39.6. The molecule has 3 aromatic rings. The van der Waals surface area contributed by atoms with E-state index in [2.05, 4.69) is 32.0 Å². The first-order chi connectivity index (χ1) is 20.7. The van der Waals surface area contributed by atoms with Crippen LogP contribution >= 0.6 is 0 Å². The Morgan fingerprint density at radius 2 is 1.67 bits per heavy atom. The van der Waals surface area contributed by atoms with Crippen LogP contribution < -0.4 is 16.8 Å². The van der Waals surface area contributed by atoms with Crippen molar-refractivity contribution in [3.05, 3.63) is 75.6 Å². The lowest BCUT2D eigenvalue weighted by Gasteiger charge is -2.49. The predicted octanol–water partition coefficient (Wildman–Crippen LogP) is 1.25. The number of H-pyrrole nitrogens is 1. The first kappa shape index (κ1) is 27.2. The van der Waals surface area contributed by atoms with Gasteiger partial charge in [0.1, 0.15) is 6.04 Å². The van der Waals surface area contributed by atoms with Gasteiger partial charge in [-0.25, -0.2) is 0 Å². The number of hydrogen-bond donors (Lipinski definition) is 4. The smallest absolute Gasteiger partial charge is 0.248 e. The van der Waals surface area contributed by atoms with Gasteiger partial charge < -0.3 is 21.7 Å². The van der Waals surface area contributed by atoms with Gasteiger partial charge in [-0.15, -0.1) is 10.2 Å². The van der Waals surface area contributed by atoms with Crippen LogP contribution in [0.1, 0.15) is 87.3 Å². The minimum Gasteiger partial charge on any atom is -0.366 e. The maximum absolute atomic E-state index is 13.5. The number of nitrogens with two attached hydrogens (primary N) is 2. The fourth-order valence-corrected chi connectivity index (χ4v) is 7.82. The second-order valence-electron chi connectivity index (χ2n) is 12.5. The van der Waals surface area contributed by atoms with Crippen LogP contribution in [-0.4, -0.2) is 67.4 Å². The van der Waals surface area contributed by atoms with Crippen molar-refractivity contribution in [2.24, 2.45) is 17.4 Å². The molecule has 4 aliphatic rings. The van der Waals surface area contributed by atoms with Crippen LogP contribution in [0.15, 0.2) is 36.4 Å². The molecule has 0 bridgehead atoms. The van der Waals surface area contributed by atoms with Gasteiger partial charge in [-0.05, 0) is 104 Å². The molecule has 1 aromatic heterocycles. The molecule has 3 aliphatic carbocycles. The molecule has 2 heterocycles. The number of aryl methyl sites for hydroxylation is 2. The molecule has 3 amide bonds. The summed E-state index contributed by atoms with van der Waals surface area (Å²) in [6, 6.07) is 13.1. The van der Waals surface area contributed by atoms with Crippen LogP contribution in [0.3, 0.4) is 0 Å². The number of nitrogens with one attached hydrogen (secondary N) is 2. The third-order valence-electron chi connectivity index (χ3n) is 10.2. The molecule has 0 radical (unpaired) electrons. The van der Waals surface area contributed by atoms with Gasteiger partial charge in [0.15, 0.2) is 5.82 Å². The molecule has 7 rings (SSSR count). The number of aromatic amines is 1. The molecule has 0 spiro atoms. The average molecular weight is 580 g/mol. The van der Waals surface area contributed by atoms with E-state index in [0.717, 1.165) is 54.4 Å². The van der Waals surface area contributed by atoms with Gasteiger partial charge in [-0.2, -0.15) is 10.5 Å². The number of primary amides is 2. The van der Waals surface area contributed by atoms with Crippen molar-refractivity contribution in [3.63, 3.8) is 0 Å². The molecule has 1 unspecified atom stereocenters. The van der Waals surface area contributed by atoms with E-state index in [-0.39, 0.29) is 24.5 Å². The molecule has 1 saturated heterocycles. The van der Waals surface area contributed by atoms with E-state index in [1.54, 1.807) is 17.0 Å². The lowest BCUT2D eigenvalue weighted by molar-refractivity contribution is -0.131. The number of aromatic nitrogens is 4. The average Bonchev–Trinajstić information content (AvgIpc) is 3.36. The third-order valence-corrected chi connectivity index (χ3v) is 10.2. The number of benzene rings is 2. The number of piperidine rings is 1. The van der Waals surface area contributed by atoms with E-state index in [9.17, 15) is 19.6 Å². The Bertz CT molecular complexity index is 1610. The fourth-order valence-electron chi connectivity index (χ4n) is 7.82. The Hall–Kier alpha value is -4.63. The summed E-state index contributed by atoms with van der Waals surface area (Å²) in [6.07, 6.45) is 6.08. The van der Waals surface area contributed by atoms with Crippen LogP contribution in [0.25, 0.3) is 0 Å². The predicted molar refractivity (Wildman–Crippen MR) is 153 cm³/mol. The van der Waals surface area contributed by atoms with Crippen molar-refractivity contribution in [2.75, 3.05) is 6.54 Å². The van der Waals surface area contributed by atoms with E-state index >= 15 is 0 Å². The quantitative estimate of drug-likeness (QED) is 0.306. The molecule has 1 aliphatic heterocycles. The Morgan fingerprint density at radius 3 is 2.19 bits per heavy atom. The van der Waals surface area contributed by atoms with Gasteiger partial charge >= 0.3 is 0 Å². The molecule has 220 valence electrons. The highest BCUT2D eigenvalue weighted by Gasteiger charge is 2.55. The van der Waals surface area contributed by atoms with Crippen molar-refractivity contribution < 1.29 is 14.4 Å². The Labute approximate surface area is 248 Å². The van der Waals surface area contributed by atoms with Crippen LogP contribution in [0.4, 0.5) is 0 Å². The minimum absolute atomic E-state index is 0.0460. The molecule has 6 N–H and O–H groups in total. The van der Waals surface area contributed by atoms with Crippen molar-refractivity contribution in [2.45, 2.75) is 74.4 Å². The lowest BCUT2D eigenvalue weighted by atomic mass is 9.60. The summed E-state index contributed by atoms with van der Waals surface area (Å²) in [7, 11) is 0. The summed E-state index contributed by atoms with van der Waals surface area (Å²) in [6.45, 7) is 0.130. The van der Waals surface area contributed by atoms with Crippen molar-refractivity contribution in [1.82, 2.24) is 30.8 Å². The molecule has 2 saturated carbocycles. The molecule has 12 nitrogen and oxygen atoms in total. The maximum atomic E-state index is 13.5. The molecule has 2 aromatic carbocycles. The fraction of sp³-hybridized carbons (Fsp3) is 0.452. The molecule has 3 atom stereocenters. The molecular formula is C31H33N9O3. The zero-order valence-corrected chi connectivity index (χ0v) is 23.7. The Balaban J connectivity index is 1.33. The first-order valence-electron chi connectivity index (χ1n) is 14.8. The standard InChI is InChI=1S/C31H33N9O3/c32-14-22-12-21-13-25(21)40(22)26(41)15-35-30(8-1-9-30)16-31(29-36-38-39-37-29)23-6-4-19(27(33)42)10-17(23)2-3-18-11-20(28(34)43)5-7-24(18)31/h4-7,10-11,21-22,25,35H,1-3,8-9,12-13,15-16H2,(H2,33,42)(H2,34,43)(H,36,37,38,39)/t21-,22?,25+/m1/s1. The normalized spacial score (nSPS) is 24.0. The number of carbonyl (C=O) groups is 3. The Morgan fingerprint density at radius 1 is 1.02 bits per heavy atom. The van der Waals surface area contributed by atoms with Crippen LogP contribution in [0, 0.1) is 17.2 Å². The van der Waals surface area contributed by atoms with E-state index in [0.29, 0.717) is 42.1 Å². The largest absolute Gasteiger partial charge is 0.366 e. The number of likely N-dealkylation sites (tertiary alicyclic amines) is 1. The van der Waals surface area contributed by atoms with Crippen molar-refractivity contribution >= 4 is 17.7 Å². The van der Waals surface area contributed by atoms with Crippen molar-refractivity contribution in [1.29, 1.82) is 5.26 Å². The monoisotopic (exact) mass is 579 g/mol. The molecule has 12 heteroatoms. The van der Waals surface area contributed by atoms with E-state index < -0.39 is 22.8 Å². The number of rotatable bonds is 8. The first-order valence-corrected chi connectivity index (χ1v) is 14.8. The third kappa shape index (κ3) is 4.38. The van der Waals surface area contributed by atoms with Crippen LogP contribution in [0.5, 0.6) is 0 Å². The van der Waals surface area contributed by atoms with Gasteiger partial charge in [-0.3, -0.25) is 14.4 Å². The van der Waals surface area contributed by atoms with Gasteiger partial charge in [0.25, 0.3) is 0 Å². The topological polar surface area (TPSA) is 197 Å². The minimum atomic E-state index is -0.929. The zero-order chi connectivity index (χ0) is 29.9. The molecule has 43 heavy (non-hydrogen) atoms. The van der Waals surface area contributed by atoms with E-state index in [1.165, 1.54) is 0 Å². The highest BCUT2D eigenvalue weighted by Crippen LogP contribution is 2.52. The van der Waals surface area contributed by atoms with Gasteiger partial charge in [0, 0.05) is 22.7 Å². The summed E-state index contributed by atoms with van der Waals surface area (Å²) >= 11 is 0. The van der Waals surface area contributed by atoms with Gasteiger partial charge in [0.2, 0.25) is 17.7 Å². The summed E-state index contributed by atoms with van der Waals surface area (Å²) < 4.78 is 0. The maximum Gasteiger partial charge on any atom is 0.248 e. The summed E-state index contributed by atoms with van der Waals surface area (Å²) in [5, 5.41) is 28.9.